The molecule has 0 spiro atoms. The lowest BCUT2D eigenvalue weighted by molar-refractivity contribution is 0.00280. The average Bonchev–Trinajstić information content (AvgIpc) is 2.52. The second-order valence-corrected chi connectivity index (χ2v) is 9.92. The highest BCUT2D eigenvalue weighted by Crippen LogP contribution is 2.26. The Balaban J connectivity index is 2.81. The molecule has 0 aliphatic carbocycles. The van der Waals surface area contributed by atoms with E-state index < -0.39 is 32.1 Å². The first kappa shape index (κ1) is 24.1. The average molecular weight is 411 g/mol. The number of aryl methyl sites for hydroxylation is 1. The first-order valence-corrected chi connectivity index (χ1v) is 11.3. The van der Waals surface area contributed by atoms with Gasteiger partial charge in [-0.2, -0.15) is 0 Å². The van der Waals surface area contributed by atoms with Gasteiger partial charge in [0.25, 0.3) is 0 Å². The number of hydrogen-bond acceptors (Lipinski definition) is 3. The zero-order chi connectivity index (χ0) is 20.8. The van der Waals surface area contributed by atoms with Crippen LogP contribution in [0.2, 0.25) is 6.04 Å². The van der Waals surface area contributed by atoms with Crippen LogP contribution in [0.4, 0.5) is 17.6 Å². The minimum Gasteiger partial charge on any atom is -0.371 e. The van der Waals surface area contributed by atoms with E-state index in [0.717, 1.165) is 0 Å². The Morgan fingerprint density at radius 2 is 1.22 bits per heavy atom. The van der Waals surface area contributed by atoms with Gasteiger partial charge in [0.05, 0.1) is 0 Å². The van der Waals surface area contributed by atoms with Gasteiger partial charge in [-0.15, -0.1) is 0 Å². The molecule has 0 aliphatic rings. The van der Waals surface area contributed by atoms with Crippen LogP contribution in [0.1, 0.15) is 59.9 Å². The molecule has 1 aromatic carbocycles. The molecule has 0 saturated heterocycles. The second kappa shape index (κ2) is 10.5. The molecule has 3 nitrogen and oxygen atoms in total. The van der Waals surface area contributed by atoms with Gasteiger partial charge in [0.15, 0.2) is 23.3 Å². The van der Waals surface area contributed by atoms with Crippen LogP contribution in [0, 0.1) is 23.3 Å². The molecule has 1 rings (SSSR count). The van der Waals surface area contributed by atoms with E-state index in [0.29, 0.717) is 25.0 Å². The second-order valence-electron chi connectivity index (χ2n) is 7.35. The van der Waals surface area contributed by atoms with E-state index in [9.17, 15) is 17.6 Å². The fraction of sp³-hybridized carbons (Fsp3) is 0.684. The summed E-state index contributed by atoms with van der Waals surface area (Å²) in [6.45, 7) is 11.4. The predicted molar refractivity (Wildman–Crippen MR) is 98.4 cm³/mol. The lowest BCUT2D eigenvalue weighted by atomic mass is 10.1. The summed E-state index contributed by atoms with van der Waals surface area (Å²) < 4.78 is 71.6. The summed E-state index contributed by atoms with van der Waals surface area (Å²) in [6, 6.07) is 1.20. The zero-order valence-corrected chi connectivity index (χ0v) is 17.9. The quantitative estimate of drug-likeness (QED) is 0.152. The molecule has 0 unspecified atom stereocenters. The third kappa shape index (κ3) is 7.52. The molecule has 0 saturated carbocycles. The summed E-state index contributed by atoms with van der Waals surface area (Å²) in [7, 11) is -2.97. The van der Waals surface area contributed by atoms with Crippen molar-refractivity contribution in [3.05, 3.63) is 34.9 Å². The van der Waals surface area contributed by atoms with E-state index in [1.165, 1.54) is 0 Å². The molecular formula is C19H30F4O3Si. The van der Waals surface area contributed by atoms with Crippen LogP contribution >= 0.6 is 0 Å². The summed E-state index contributed by atoms with van der Waals surface area (Å²) in [5.41, 5.74) is -0.182. The van der Waals surface area contributed by atoms with Crippen molar-refractivity contribution in [3.8, 4) is 0 Å². The molecule has 0 aromatic heterocycles. The number of unbranched alkanes of at least 4 members (excludes halogenated alkanes) is 1. The van der Waals surface area contributed by atoms with E-state index in [2.05, 4.69) is 0 Å². The van der Waals surface area contributed by atoms with Gasteiger partial charge < -0.3 is 13.3 Å². The minimum absolute atomic E-state index is 0.0788. The summed E-state index contributed by atoms with van der Waals surface area (Å²) in [6.07, 6.45) is 0.791. The van der Waals surface area contributed by atoms with Crippen LogP contribution in [0.15, 0.2) is 6.07 Å². The molecule has 0 aliphatic heterocycles. The first-order chi connectivity index (χ1) is 12.5. The van der Waals surface area contributed by atoms with Gasteiger partial charge in [-0.3, -0.25) is 0 Å². The van der Waals surface area contributed by atoms with Crippen molar-refractivity contribution in [2.45, 2.75) is 85.2 Å². The number of rotatable bonds is 11. The lowest BCUT2D eigenvalue weighted by Gasteiger charge is -2.34. The van der Waals surface area contributed by atoms with E-state index in [1.54, 1.807) is 0 Å². The van der Waals surface area contributed by atoms with Gasteiger partial charge in [-0.1, -0.05) is 0 Å². The Morgan fingerprint density at radius 1 is 0.741 bits per heavy atom. The maximum absolute atomic E-state index is 13.8. The molecule has 0 heterocycles. The van der Waals surface area contributed by atoms with E-state index in [1.807, 2.05) is 41.5 Å². The van der Waals surface area contributed by atoms with Crippen LogP contribution in [-0.2, 0) is 19.7 Å². The van der Waals surface area contributed by atoms with Crippen LogP contribution < -0.4 is 0 Å². The molecule has 8 heteroatoms. The molecule has 0 amide bonds. The molecule has 0 bridgehead atoms. The van der Waals surface area contributed by atoms with Crippen molar-refractivity contribution >= 4 is 8.80 Å². The van der Waals surface area contributed by atoms with E-state index in [4.69, 9.17) is 13.3 Å². The van der Waals surface area contributed by atoms with Gasteiger partial charge >= 0.3 is 8.80 Å². The van der Waals surface area contributed by atoms with Crippen molar-refractivity contribution in [3.63, 3.8) is 0 Å². The van der Waals surface area contributed by atoms with Crippen LogP contribution in [-0.4, -0.2) is 27.1 Å². The van der Waals surface area contributed by atoms with Crippen LogP contribution in [0.3, 0.4) is 0 Å². The summed E-state index contributed by atoms with van der Waals surface area (Å²) >= 11 is 0. The number of benzene rings is 1. The summed E-state index contributed by atoms with van der Waals surface area (Å²) in [5, 5.41) is 0. The molecule has 27 heavy (non-hydrogen) atoms. The number of halogens is 4. The van der Waals surface area contributed by atoms with Crippen LogP contribution in [0.5, 0.6) is 0 Å². The van der Waals surface area contributed by atoms with Crippen LogP contribution in [0.25, 0.3) is 0 Å². The summed E-state index contributed by atoms with van der Waals surface area (Å²) in [5.74, 6) is -6.29. The van der Waals surface area contributed by atoms with Gasteiger partial charge in [0, 0.05) is 24.4 Å². The van der Waals surface area contributed by atoms with E-state index in [-0.39, 0.29) is 30.3 Å². The van der Waals surface area contributed by atoms with Gasteiger partial charge in [0.1, 0.15) is 0 Å². The summed E-state index contributed by atoms with van der Waals surface area (Å²) in [4.78, 5) is 0. The lowest BCUT2D eigenvalue weighted by Crippen LogP contribution is -2.50. The first-order valence-electron chi connectivity index (χ1n) is 9.32. The molecule has 0 fully saturated rings. The Labute approximate surface area is 160 Å². The Morgan fingerprint density at radius 3 is 1.67 bits per heavy atom. The zero-order valence-electron chi connectivity index (χ0n) is 16.9. The topological polar surface area (TPSA) is 27.7 Å². The third-order valence-electron chi connectivity index (χ3n) is 3.60. The van der Waals surface area contributed by atoms with Gasteiger partial charge in [-0.05, 0) is 72.4 Å². The fourth-order valence-electron chi connectivity index (χ4n) is 2.80. The SMILES string of the molecule is CC(C)O[Si](CCCCc1cc(F)c(F)c(F)c1F)(OC(C)C)OC(C)C. The molecule has 156 valence electrons. The maximum Gasteiger partial charge on any atom is 0.501 e. The maximum atomic E-state index is 13.8. The monoisotopic (exact) mass is 410 g/mol. The highest BCUT2D eigenvalue weighted by Gasteiger charge is 2.43. The fourth-order valence-corrected chi connectivity index (χ4v) is 6.16. The van der Waals surface area contributed by atoms with Gasteiger partial charge in [-0.25, -0.2) is 17.6 Å². The molecule has 1 aromatic rings. The molecular weight excluding hydrogens is 380 g/mol. The van der Waals surface area contributed by atoms with Gasteiger partial charge in [0.2, 0.25) is 0 Å². The largest absolute Gasteiger partial charge is 0.501 e. The Hall–Kier alpha value is -0.963. The normalized spacial score (nSPS) is 12.6. The third-order valence-corrected chi connectivity index (χ3v) is 7.06. The van der Waals surface area contributed by atoms with Crippen molar-refractivity contribution in [1.29, 1.82) is 0 Å². The standard InChI is InChI=1S/C19H30F4O3Si/c1-12(2)24-27(25-13(3)4,26-14(5)6)10-8-7-9-15-11-16(20)18(22)19(23)17(15)21/h11-14H,7-10H2,1-6H3. The molecule has 0 radical (unpaired) electrons. The highest BCUT2D eigenvalue weighted by molar-refractivity contribution is 6.60. The smallest absolute Gasteiger partial charge is 0.371 e. The van der Waals surface area contributed by atoms with Crippen molar-refractivity contribution in [1.82, 2.24) is 0 Å². The highest BCUT2D eigenvalue weighted by atomic mass is 28.4. The minimum atomic E-state index is -2.97. The Bertz CT molecular complexity index is 583. The van der Waals surface area contributed by atoms with Crippen molar-refractivity contribution in [2.75, 3.05) is 0 Å². The van der Waals surface area contributed by atoms with Crippen molar-refractivity contribution in [2.24, 2.45) is 0 Å². The number of hydrogen-bond donors (Lipinski definition) is 0. The molecule has 0 atom stereocenters. The van der Waals surface area contributed by atoms with E-state index >= 15 is 0 Å². The molecule has 0 N–H and O–H groups in total. The predicted octanol–water partition coefficient (Wildman–Crippen LogP) is 5.78. The Kier molecular flexibility index (Phi) is 9.40. The van der Waals surface area contributed by atoms with Crippen molar-refractivity contribution < 1.29 is 30.8 Å².